The number of benzene rings is 1. The lowest BCUT2D eigenvalue weighted by molar-refractivity contribution is -0.682. The van der Waals surface area contributed by atoms with Gasteiger partial charge < -0.3 is 25.3 Å². The normalized spacial score (nSPS) is 12.0. The molecule has 1 aromatic carbocycles. The van der Waals surface area contributed by atoms with Gasteiger partial charge in [-0.2, -0.15) is 0 Å². The molecule has 1 atom stereocenters. The Bertz CT molecular complexity index is 647. The Morgan fingerprint density at radius 1 is 1.35 bits per heavy atom. The molecular weight excluding hydrogens is 342 g/mol. The van der Waals surface area contributed by atoms with Crippen LogP contribution >= 0.6 is 0 Å². The largest absolute Gasteiger partial charge is 0.544 e. The summed E-state index contributed by atoms with van der Waals surface area (Å²) < 4.78 is 5.37. The Morgan fingerprint density at radius 3 is 2.62 bits per heavy atom. The number of nitrogens with one attached hydrogen (secondary N) is 1. The molecule has 1 rings (SSSR count). The van der Waals surface area contributed by atoms with E-state index in [0.29, 0.717) is 25.1 Å². The number of rotatable bonds is 11. The van der Waals surface area contributed by atoms with Crippen LogP contribution < -0.4 is 15.7 Å². The first-order valence-electron chi connectivity index (χ1n) is 8.41. The van der Waals surface area contributed by atoms with E-state index >= 15 is 0 Å². The van der Waals surface area contributed by atoms with Gasteiger partial charge in [-0.3, -0.25) is 14.9 Å². The minimum Gasteiger partial charge on any atom is -0.544 e. The molecule has 0 aromatic heterocycles. The summed E-state index contributed by atoms with van der Waals surface area (Å²) in [5.41, 5.74) is 0.773. The van der Waals surface area contributed by atoms with Crippen LogP contribution in [0.15, 0.2) is 18.2 Å². The molecule has 3 N–H and O–H groups in total. The van der Waals surface area contributed by atoms with Crippen molar-refractivity contribution in [3.05, 3.63) is 33.9 Å². The molecule has 9 heteroatoms. The molecule has 0 fully saturated rings. The number of carboxylic acids is 1. The van der Waals surface area contributed by atoms with Gasteiger partial charge in [0.1, 0.15) is 6.04 Å². The van der Waals surface area contributed by atoms with Crippen LogP contribution in [0.2, 0.25) is 0 Å². The van der Waals surface area contributed by atoms with Crippen LogP contribution in [0.25, 0.3) is 0 Å². The van der Waals surface area contributed by atoms with Crippen molar-refractivity contribution < 1.29 is 29.7 Å². The van der Waals surface area contributed by atoms with Crippen LogP contribution in [0, 0.1) is 17.0 Å². The Hall–Kier alpha value is -2.52. The van der Waals surface area contributed by atoms with E-state index in [4.69, 9.17) is 4.74 Å². The Morgan fingerprint density at radius 2 is 2.04 bits per heavy atom. The van der Waals surface area contributed by atoms with Crippen molar-refractivity contribution in [3.8, 4) is 0 Å². The van der Waals surface area contributed by atoms with Crippen LogP contribution in [-0.2, 0) is 14.3 Å². The number of ether oxygens (including phenoxy) is 1. The van der Waals surface area contributed by atoms with Crippen molar-refractivity contribution in [2.75, 3.05) is 18.5 Å². The number of carbonyl (C=O) groups excluding carboxylic acids is 2. The number of hydrogen-bond donors (Lipinski definition) is 2. The zero-order chi connectivity index (χ0) is 19.7. The van der Waals surface area contributed by atoms with E-state index in [1.807, 2.05) is 13.8 Å². The van der Waals surface area contributed by atoms with E-state index in [2.05, 4.69) is 5.32 Å². The van der Waals surface area contributed by atoms with Gasteiger partial charge in [0, 0.05) is 18.6 Å². The maximum absolute atomic E-state index is 12.1. The van der Waals surface area contributed by atoms with Crippen LogP contribution in [0.5, 0.6) is 0 Å². The van der Waals surface area contributed by atoms with Gasteiger partial charge in [-0.05, 0) is 26.3 Å². The summed E-state index contributed by atoms with van der Waals surface area (Å²) in [5, 5.41) is 26.1. The maximum atomic E-state index is 12.1. The number of amides is 1. The fraction of sp³-hybridized carbons (Fsp3) is 0.529. The van der Waals surface area contributed by atoms with Gasteiger partial charge in [-0.1, -0.05) is 6.07 Å². The molecule has 0 spiro atoms. The highest BCUT2D eigenvalue weighted by molar-refractivity contribution is 5.94. The molecule has 144 valence electrons. The molecule has 9 nitrogen and oxygen atoms in total. The number of aryl methyl sites for hydroxylation is 1. The van der Waals surface area contributed by atoms with Crippen LogP contribution in [0.3, 0.4) is 0 Å². The minimum atomic E-state index is -1.33. The SMILES string of the molecule is Cc1ccc([N+](=O)[O-])cc1NC(=O)C[C@@H]([NH2+]CCCOC(C)C)C(=O)[O-]. The van der Waals surface area contributed by atoms with E-state index in [1.165, 1.54) is 23.5 Å². The van der Waals surface area contributed by atoms with Crippen molar-refractivity contribution in [2.24, 2.45) is 0 Å². The van der Waals surface area contributed by atoms with E-state index < -0.39 is 22.8 Å². The number of hydrogen-bond acceptors (Lipinski definition) is 6. The van der Waals surface area contributed by atoms with Gasteiger partial charge >= 0.3 is 0 Å². The van der Waals surface area contributed by atoms with Crippen LogP contribution in [-0.4, -0.2) is 42.1 Å². The third kappa shape index (κ3) is 7.58. The van der Waals surface area contributed by atoms with E-state index in [9.17, 15) is 24.8 Å². The zero-order valence-corrected chi connectivity index (χ0v) is 15.2. The first-order valence-corrected chi connectivity index (χ1v) is 8.41. The lowest BCUT2D eigenvalue weighted by Crippen LogP contribution is -2.93. The second-order valence-electron chi connectivity index (χ2n) is 6.23. The summed E-state index contributed by atoms with van der Waals surface area (Å²) in [6.07, 6.45) is 0.458. The highest BCUT2D eigenvalue weighted by Gasteiger charge is 2.19. The van der Waals surface area contributed by atoms with Crippen molar-refractivity contribution in [2.45, 2.75) is 45.8 Å². The number of nitrogens with two attached hydrogens (primary N) is 1. The summed E-state index contributed by atoms with van der Waals surface area (Å²) in [6.45, 7) is 6.50. The number of anilines is 1. The van der Waals surface area contributed by atoms with Gasteiger partial charge in [-0.15, -0.1) is 0 Å². The minimum absolute atomic E-state index is 0.107. The van der Waals surface area contributed by atoms with E-state index in [0.717, 1.165) is 0 Å². The quantitative estimate of drug-likeness (QED) is 0.314. The molecule has 0 saturated carbocycles. The predicted molar refractivity (Wildman–Crippen MR) is 92.4 cm³/mol. The fourth-order valence-electron chi connectivity index (χ4n) is 2.24. The molecule has 0 aliphatic carbocycles. The molecule has 0 aliphatic heterocycles. The van der Waals surface area contributed by atoms with Crippen LogP contribution in [0.4, 0.5) is 11.4 Å². The number of non-ortho nitro benzene ring substituents is 1. The topological polar surface area (TPSA) is 138 Å². The molecule has 0 unspecified atom stereocenters. The summed E-state index contributed by atoms with van der Waals surface area (Å²) in [7, 11) is 0. The molecule has 0 bridgehead atoms. The number of nitro groups is 1. The van der Waals surface area contributed by atoms with Gasteiger partial charge in [0.2, 0.25) is 5.91 Å². The first kappa shape index (κ1) is 21.5. The van der Waals surface area contributed by atoms with Gasteiger partial charge in [-0.25, -0.2) is 0 Å². The second-order valence-corrected chi connectivity index (χ2v) is 6.23. The van der Waals surface area contributed by atoms with Crippen molar-refractivity contribution >= 4 is 23.3 Å². The third-order valence-corrected chi connectivity index (χ3v) is 3.66. The molecule has 0 aliphatic rings. The van der Waals surface area contributed by atoms with Crippen LogP contribution in [0.1, 0.15) is 32.3 Å². The summed E-state index contributed by atoms with van der Waals surface area (Å²) >= 11 is 0. The average Bonchev–Trinajstić information content (AvgIpc) is 2.54. The standard InChI is InChI=1S/C17H25N3O6/c1-11(2)26-8-4-7-18-15(17(22)23)10-16(21)19-14-9-13(20(24)25)6-5-12(14)3/h5-6,9,11,15,18H,4,7-8,10H2,1-3H3,(H,19,21)(H,22,23)/t15-/m1/s1. The van der Waals surface area contributed by atoms with E-state index in [-0.39, 0.29) is 23.9 Å². The molecule has 1 aromatic rings. The fourth-order valence-corrected chi connectivity index (χ4v) is 2.24. The highest BCUT2D eigenvalue weighted by Crippen LogP contribution is 2.21. The zero-order valence-electron chi connectivity index (χ0n) is 15.2. The van der Waals surface area contributed by atoms with Gasteiger partial charge in [0.15, 0.2) is 0 Å². The lowest BCUT2D eigenvalue weighted by atomic mass is 10.1. The number of carbonyl (C=O) groups is 2. The molecule has 26 heavy (non-hydrogen) atoms. The van der Waals surface area contributed by atoms with Crippen molar-refractivity contribution in [1.29, 1.82) is 0 Å². The lowest BCUT2D eigenvalue weighted by Gasteiger charge is -2.17. The number of aliphatic carboxylic acids is 1. The smallest absolute Gasteiger partial charge is 0.271 e. The molecule has 0 saturated heterocycles. The molecular formula is C17H25N3O6. The highest BCUT2D eigenvalue weighted by atomic mass is 16.6. The second kappa shape index (κ2) is 10.5. The monoisotopic (exact) mass is 367 g/mol. The number of quaternary nitrogens is 1. The predicted octanol–water partition coefficient (Wildman–Crippen LogP) is -0.271. The number of carboxylic acid groups (broad SMARTS) is 1. The summed E-state index contributed by atoms with van der Waals surface area (Å²) in [6, 6.07) is 3.06. The number of nitro benzene ring substituents is 1. The molecule has 0 radical (unpaired) electrons. The Labute approximate surface area is 151 Å². The third-order valence-electron chi connectivity index (χ3n) is 3.66. The Kier molecular flexibility index (Phi) is 8.66. The van der Waals surface area contributed by atoms with Gasteiger partial charge in [0.05, 0.1) is 42.3 Å². The molecule has 0 heterocycles. The summed E-state index contributed by atoms with van der Waals surface area (Å²) in [5.74, 6) is -1.88. The average molecular weight is 367 g/mol. The number of nitrogens with zero attached hydrogens (tertiary/aromatic N) is 1. The van der Waals surface area contributed by atoms with Gasteiger partial charge in [0.25, 0.3) is 5.69 Å². The van der Waals surface area contributed by atoms with Crippen molar-refractivity contribution in [1.82, 2.24) is 0 Å². The Balaban J connectivity index is 2.58. The summed E-state index contributed by atoms with van der Waals surface area (Å²) in [4.78, 5) is 33.6. The van der Waals surface area contributed by atoms with E-state index in [1.54, 1.807) is 6.92 Å². The molecule has 1 amide bonds. The first-order chi connectivity index (χ1) is 12.2. The maximum Gasteiger partial charge on any atom is 0.271 e. The van der Waals surface area contributed by atoms with Crippen molar-refractivity contribution in [3.63, 3.8) is 0 Å².